The number of aromatic amines is 1. The van der Waals surface area contributed by atoms with Crippen molar-refractivity contribution in [2.24, 2.45) is 0 Å². The zero-order chi connectivity index (χ0) is 40.0. The van der Waals surface area contributed by atoms with Gasteiger partial charge in [-0.05, 0) is 79.7 Å². The van der Waals surface area contributed by atoms with E-state index in [9.17, 15) is 19.7 Å². The molecular formula is C40H44N3O11PSi. The highest BCUT2D eigenvalue weighted by atomic mass is 31.2. The molecule has 1 fully saturated rings. The average molecular weight is 802 g/mol. The summed E-state index contributed by atoms with van der Waals surface area (Å²) >= 11 is 0. The van der Waals surface area contributed by atoms with E-state index in [1.165, 1.54) is 35.0 Å². The number of ether oxygens (including phenoxy) is 4. The summed E-state index contributed by atoms with van der Waals surface area (Å²) in [4.78, 5) is 38.6. The Hall–Kier alpha value is -5.15. The molecule has 0 radical (unpaired) electrons. The van der Waals surface area contributed by atoms with Crippen LogP contribution in [-0.4, -0.2) is 55.8 Å². The number of nitro benzene ring substituents is 1. The van der Waals surface area contributed by atoms with E-state index in [1.807, 2.05) is 98.5 Å². The number of nitro groups is 1. The second-order valence-electron chi connectivity index (χ2n) is 14.1. The molecule has 294 valence electrons. The van der Waals surface area contributed by atoms with Crippen LogP contribution in [0.25, 0.3) is 0 Å². The number of non-ortho nitro benzene ring substituents is 1. The topological polar surface area (TPSA) is 163 Å². The Morgan fingerprint density at radius 3 is 1.95 bits per heavy atom. The summed E-state index contributed by atoms with van der Waals surface area (Å²) in [6.07, 6.45) is -0.772. The summed E-state index contributed by atoms with van der Waals surface area (Å²) in [7, 11) is -1.20. The van der Waals surface area contributed by atoms with Gasteiger partial charge in [0.25, 0.3) is 11.2 Å². The summed E-state index contributed by atoms with van der Waals surface area (Å²) in [6.45, 7) is 7.52. The molecule has 0 saturated carbocycles. The molecular weight excluding hydrogens is 758 g/mol. The zero-order valence-electron chi connectivity index (χ0n) is 31.9. The van der Waals surface area contributed by atoms with Crippen molar-refractivity contribution in [1.82, 2.24) is 9.55 Å². The maximum atomic E-state index is 13.1. The van der Waals surface area contributed by atoms with Gasteiger partial charge in [-0.1, -0.05) is 54.6 Å². The van der Waals surface area contributed by atoms with Crippen LogP contribution in [0.1, 0.15) is 34.9 Å². The first-order valence-corrected chi connectivity index (χ1v) is 22.3. The van der Waals surface area contributed by atoms with Gasteiger partial charge in [-0.3, -0.25) is 29.0 Å². The summed E-state index contributed by atoms with van der Waals surface area (Å²) in [5.41, 5.74) is 0.372. The lowest BCUT2D eigenvalue weighted by molar-refractivity contribution is -0.384. The Kier molecular flexibility index (Phi) is 12.5. The fourth-order valence-electron chi connectivity index (χ4n) is 6.32. The third-order valence-electron chi connectivity index (χ3n) is 9.07. The Balaban J connectivity index is 1.41. The molecule has 0 aliphatic carbocycles. The number of aryl methyl sites for hydroxylation is 1. The number of hydrogen-bond acceptors (Lipinski definition) is 11. The number of methoxy groups -OCH3 is 2. The molecule has 0 bridgehead atoms. The van der Waals surface area contributed by atoms with Crippen molar-refractivity contribution in [1.29, 1.82) is 0 Å². The molecule has 1 aliphatic rings. The van der Waals surface area contributed by atoms with Gasteiger partial charge in [0, 0.05) is 30.3 Å². The molecule has 0 amide bonds. The Bertz CT molecular complexity index is 2160. The second-order valence-corrected chi connectivity index (χ2v) is 19.9. The maximum Gasteiger partial charge on any atom is 0.386 e. The molecule has 5 aromatic rings. The summed E-state index contributed by atoms with van der Waals surface area (Å²) < 4.78 is 45.4. The first kappa shape index (κ1) is 40.5. The summed E-state index contributed by atoms with van der Waals surface area (Å²) in [5.74, 6) is 1.66. The van der Waals surface area contributed by atoms with Crippen LogP contribution in [0.3, 0.4) is 0 Å². The number of aromatic nitrogens is 2. The third kappa shape index (κ3) is 9.27. The monoisotopic (exact) mass is 801 g/mol. The molecule has 1 aromatic heterocycles. The first-order valence-electron chi connectivity index (χ1n) is 17.8. The van der Waals surface area contributed by atoms with Crippen LogP contribution in [-0.2, 0) is 23.8 Å². The molecule has 1 unspecified atom stereocenters. The fraction of sp³-hybridized carbons (Fsp3) is 0.300. The van der Waals surface area contributed by atoms with Crippen LogP contribution in [0.4, 0.5) is 5.69 Å². The van der Waals surface area contributed by atoms with Crippen molar-refractivity contribution < 1.29 is 37.1 Å². The number of hydrogen-bond donors (Lipinski definition) is 1. The van der Waals surface area contributed by atoms with Gasteiger partial charge < -0.3 is 27.7 Å². The molecule has 2 heterocycles. The highest BCUT2D eigenvalue weighted by Gasteiger charge is 2.45. The lowest BCUT2D eigenvalue weighted by atomic mass is 9.80. The highest BCUT2D eigenvalue weighted by Crippen LogP contribution is 2.49. The largest absolute Gasteiger partial charge is 0.497 e. The van der Waals surface area contributed by atoms with Crippen LogP contribution in [0.5, 0.6) is 17.2 Å². The van der Waals surface area contributed by atoms with Crippen molar-refractivity contribution in [3.63, 3.8) is 0 Å². The lowest BCUT2D eigenvalue weighted by Crippen LogP contribution is -2.38. The van der Waals surface area contributed by atoms with Crippen LogP contribution >= 0.6 is 8.60 Å². The van der Waals surface area contributed by atoms with Crippen LogP contribution in [0.2, 0.25) is 19.6 Å². The highest BCUT2D eigenvalue weighted by molar-refractivity contribution is 7.44. The Morgan fingerprint density at radius 1 is 0.857 bits per heavy atom. The number of nitrogens with one attached hydrogen (secondary N) is 1. The fourth-order valence-corrected chi connectivity index (χ4v) is 9.21. The molecule has 14 nitrogen and oxygen atoms in total. The van der Waals surface area contributed by atoms with E-state index in [0.29, 0.717) is 22.8 Å². The van der Waals surface area contributed by atoms with Crippen LogP contribution < -0.4 is 25.2 Å². The van der Waals surface area contributed by atoms with E-state index in [-0.39, 0.29) is 18.7 Å². The van der Waals surface area contributed by atoms with Crippen molar-refractivity contribution in [2.75, 3.05) is 20.8 Å². The second kappa shape index (κ2) is 17.3. The Morgan fingerprint density at radius 2 is 1.41 bits per heavy atom. The SMILES string of the molecule is COc1ccc(C(OC[C@H]2O[C@@H](n3cc(C)c(=O)[nH]c3=O)C[C@@H]2OP(Oc2ccc([N+](=O)[O-])cc2)O[Si](C)(C)C)(c2ccccc2)c2ccc(OC)cc2)cc1. The smallest absolute Gasteiger partial charge is 0.386 e. The van der Waals surface area contributed by atoms with Crippen molar-refractivity contribution in [2.45, 2.75) is 57.0 Å². The average Bonchev–Trinajstić information content (AvgIpc) is 3.58. The van der Waals surface area contributed by atoms with Gasteiger partial charge in [-0.2, -0.15) is 0 Å². The van der Waals surface area contributed by atoms with Crippen LogP contribution in [0, 0.1) is 17.0 Å². The molecule has 4 atom stereocenters. The number of benzene rings is 4. The lowest BCUT2D eigenvalue weighted by Gasteiger charge is -2.37. The maximum absolute atomic E-state index is 13.1. The molecule has 0 spiro atoms. The molecule has 1 aliphatic heterocycles. The van der Waals surface area contributed by atoms with E-state index in [0.717, 1.165) is 16.7 Å². The van der Waals surface area contributed by atoms with Gasteiger partial charge in [-0.25, -0.2) is 4.79 Å². The van der Waals surface area contributed by atoms with Gasteiger partial charge in [-0.15, -0.1) is 0 Å². The predicted octanol–water partition coefficient (Wildman–Crippen LogP) is 7.61. The number of rotatable bonds is 16. The van der Waals surface area contributed by atoms with Gasteiger partial charge in [0.05, 0.1) is 25.7 Å². The molecule has 16 heteroatoms. The van der Waals surface area contributed by atoms with E-state index >= 15 is 0 Å². The number of H-pyrrole nitrogens is 1. The molecule has 1 N–H and O–H groups in total. The van der Waals surface area contributed by atoms with Crippen LogP contribution in [0.15, 0.2) is 119 Å². The van der Waals surface area contributed by atoms with E-state index in [4.69, 9.17) is 32.2 Å². The first-order chi connectivity index (χ1) is 26.8. The quantitative estimate of drug-likeness (QED) is 0.0344. The minimum absolute atomic E-state index is 0.0428. The summed E-state index contributed by atoms with van der Waals surface area (Å²) in [5, 5.41) is 11.3. The zero-order valence-corrected chi connectivity index (χ0v) is 33.8. The molecule has 1 saturated heterocycles. The van der Waals surface area contributed by atoms with E-state index in [2.05, 4.69) is 4.98 Å². The van der Waals surface area contributed by atoms with Crippen molar-refractivity contribution >= 4 is 22.6 Å². The summed E-state index contributed by atoms with van der Waals surface area (Å²) in [6, 6.07) is 30.7. The predicted molar refractivity (Wildman–Crippen MR) is 213 cm³/mol. The van der Waals surface area contributed by atoms with Gasteiger partial charge in [0.2, 0.25) is 0 Å². The van der Waals surface area contributed by atoms with Crippen molar-refractivity contribution in [3.05, 3.63) is 163 Å². The molecule has 56 heavy (non-hydrogen) atoms. The van der Waals surface area contributed by atoms with E-state index in [1.54, 1.807) is 21.1 Å². The van der Waals surface area contributed by atoms with Crippen molar-refractivity contribution in [3.8, 4) is 17.2 Å². The van der Waals surface area contributed by atoms with Gasteiger partial charge >= 0.3 is 14.3 Å². The normalized spacial score (nSPS) is 17.6. The minimum Gasteiger partial charge on any atom is -0.497 e. The number of nitrogens with zero attached hydrogens (tertiary/aromatic N) is 2. The minimum atomic E-state index is -2.31. The van der Waals surface area contributed by atoms with Gasteiger partial charge in [0.15, 0.2) is 8.32 Å². The van der Waals surface area contributed by atoms with Gasteiger partial charge in [0.1, 0.15) is 41.3 Å². The standard InChI is InChI=1S/C40H44N3O11PSi/c1-27-25-42(39(45)41-38(27)44)37-24-35(53-55(54-56(4,5)6)52-34-22-16-31(17-23-34)43(46)47)36(51-37)26-50-40(28-10-8-7-9-11-28,29-12-18-32(48-2)19-13-29)30-14-20-33(49-3)21-15-30/h7-23,25,35-37H,24,26H2,1-6H3,(H,41,44,45)/t35-,36+,37+,55?/m0/s1. The molecule has 4 aromatic carbocycles. The molecule has 6 rings (SSSR count). The van der Waals surface area contributed by atoms with E-state index < -0.39 is 57.1 Å². The third-order valence-corrected chi connectivity index (χ3v) is 12.7. The Labute approximate surface area is 326 Å².